The molecule has 0 aliphatic carbocycles. The van der Waals surface area contributed by atoms with E-state index >= 15 is 0 Å². The van der Waals surface area contributed by atoms with Crippen LogP contribution < -0.4 is 10.2 Å². The van der Waals surface area contributed by atoms with Crippen molar-refractivity contribution in [3.63, 3.8) is 0 Å². The summed E-state index contributed by atoms with van der Waals surface area (Å²) in [6.45, 7) is 3.58. The molecule has 6 heteroatoms. The van der Waals surface area contributed by atoms with Crippen LogP contribution in [-0.2, 0) is 4.74 Å². The molecule has 0 bridgehead atoms. The Kier molecular flexibility index (Phi) is 3.96. The summed E-state index contributed by atoms with van der Waals surface area (Å²) in [6, 6.07) is 0. The molecule has 0 radical (unpaired) electrons. The lowest BCUT2D eigenvalue weighted by Gasteiger charge is -2.27. The first kappa shape index (κ1) is 11.3. The number of halogens is 1. The monoisotopic (exact) mass is 291 g/mol. The van der Waals surface area contributed by atoms with Crippen LogP contribution in [0.4, 0.5) is 5.13 Å². The van der Waals surface area contributed by atoms with Gasteiger partial charge >= 0.3 is 0 Å². The minimum Gasteiger partial charge on any atom is -0.374 e. The summed E-state index contributed by atoms with van der Waals surface area (Å²) in [5, 5.41) is 6.33. The fourth-order valence-corrected chi connectivity index (χ4v) is 2.77. The van der Waals surface area contributed by atoms with E-state index in [1.165, 1.54) is 0 Å². The zero-order valence-electron chi connectivity index (χ0n) is 8.57. The molecule has 15 heavy (non-hydrogen) atoms. The number of anilines is 1. The Hall–Kier alpha value is -0.170. The van der Waals surface area contributed by atoms with Gasteiger partial charge in [0.25, 0.3) is 0 Å². The summed E-state index contributed by atoms with van der Waals surface area (Å²) in [5.41, 5.74) is 0. The third-order valence-electron chi connectivity index (χ3n) is 2.27. The molecule has 2 rings (SSSR count). The van der Waals surface area contributed by atoms with E-state index in [1.54, 1.807) is 11.3 Å². The summed E-state index contributed by atoms with van der Waals surface area (Å²) in [7, 11) is 2.04. The van der Waals surface area contributed by atoms with Crippen LogP contribution >= 0.6 is 27.3 Å². The van der Waals surface area contributed by atoms with E-state index in [0.29, 0.717) is 0 Å². The van der Waals surface area contributed by atoms with Crippen LogP contribution in [0.3, 0.4) is 0 Å². The van der Waals surface area contributed by atoms with Crippen molar-refractivity contribution in [2.45, 2.75) is 6.10 Å². The SMILES string of the molecule is CN(CC1CNCCO1)c1nc(Br)cs1. The maximum absolute atomic E-state index is 5.64. The van der Waals surface area contributed by atoms with E-state index in [1.807, 2.05) is 12.4 Å². The second-order valence-corrected chi connectivity index (χ2v) is 5.18. The number of hydrogen-bond donors (Lipinski definition) is 1. The van der Waals surface area contributed by atoms with Gasteiger partial charge in [0.1, 0.15) is 4.60 Å². The number of likely N-dealkylation sites (N-methyl/N-ethyl adjacent to an activating group) is 1. The predicted octanol–water partition coefficient (Wildman–Crippen LogP) is 1.33. The molecule has 1 aliphatic heterocycles. The number of nitrogens with zero attached hydrogens (tertiary/aromatic N) is 2. The topological polar surface area (TPSA) is 37.4 Å². The van der Waals surface area contributed by atoms with Crippen molar-refractivity contribution < 1.29 is 4.74 Å². The van der Waals surface area contributed by atoms with Crippen LogP contribution in [-0.4, -0.2) is 44.4 Å². The fraction of sp³-hybridized carbons (Fsp3) is 0.667. The van der Waals surface area contributed by atoms with Gasteiger partial charge in [0.05, 0.1) is 12.7 Å². The van der Waals surface area contributed by atoms with Gasteiger partial charge in [-0.3, -0.25) is 0 Å². The Morgan fingerprint density at radius 2 is 2.67 bits per heavy atom. The first-order valence-corrected chi connectivity index (χ1v) is 6.57. The van der Waals surface area contributed by atoms with Crippen LogP contribution in [0.25, 0.3) is 0 Å². The predicted molar refractivity (Wildman–Crippen MR) is 65.7 cm³/mol. The molecule has 1 atom stereocenters. The summed E-state index contributed by atoms with van der Waals surface area (Å²) in [6.07, 6.45) is 0.270. The molecule has 0 aromatic carbocycles. The van der Waals surface area contributed by atoms with Gasteiger partial charge in [-0.2, -0.15) is 0 Å². The van der Waals surface area contributed by atoms with Crippen LogP contribution in [0, 0.1) is 0 Å². The lowest BCUT2D eigenvalue weighted by atomic mass is 10.3. The Balaban J connectivity index is 1.88. The number of thiazole rings is 1. The molecule has 1 N–H and O–H groups in total. The van der Waals surface area contributed by atoms with Gasteiger partial charge in [-0.05, 0) is 15.9 Å². The maximum Gasteiger partial charge on any atom is 0.186 e. The molecule has 1 unspecified atom stereocenters. The van der Waals surface area contributed by atoms with E-state index in [2.05, 4.69) is 31.1 Å². The number of rotatable bonds is 3. The highest BCUT2D eigenvalue weighted by Crippen LogP contribution is 2.22. The standard InChI is InChI=1S/C9H14BrN3OS/c1-13(9-12-8(10)6-15-9)5-7-4-11-2-3-14-7/h6-7,11H,2-5H2,1H3. The molecule has 1 aliphatic rings. The van der Waals surface area contributed by atoms with Crippen molar-refractivity contribution in [1.82, 2.24) is 10.3 Å². The molecule has 0 spiro atoms. The molecule has 2 heterocycles. The Bertz CT molecular complexity index is 314. The smallest absolute Gasteiger partial charge is 0.186 e. The molecule has 1 aromatic heterocycles. The number of morpholine rings is 1. The summed E-state index contributed by atoms with van der Waals surface area (Å²) in [4.78, 5) is 6.49. The van der Waals surface area contributed by atoms with Crippen LogP contribution in [0.1, 0.15) is 0 Å². The highest BCUT2D eigenvalue weighted by Gasteiger charge is 2.16. The van der Waals surface area contributed by atoms with Gasteiger partial charge in [-0.1, -0.05) is 0 Å². The average Bonchev–Trinajstić information content (AvgIpc) is 2.66. The lowest BCUT2D eigenvalue weighted by Crippen LogP contribution is -2.44. The van der Waals surface area contributed by atoms with Gasteiger partial charge < -0.3 is 15.0 Å². The first-order valence-electron chi connectivity index (χ1n) is 4.90. The highest BCUT2D eigenvalue weighted by molar-refractivity contribution is 9.10. The number of aromatic nitrogens is 1. The molecular weight excluding hydrogens is 278 g/mol. The van der Waals surface area contributed by atoms with Gasteiger partial charge in [0.15, 0.2) is 5.13 Å². The molecule has 1 aromatic rings. The first-order chi connectivity index (χ1) is 7.25. The van der Waals surface area contributed by atoms with Gasteiger partial charge in [-0.25, -0.2) is 4.98 Å². The van der Waals surface area contributed by atoms with Crippen molar-refractivity contribution in [3.05, 3.63) is 9.98 Å². The second kappa shape index (κ2) is 5.25. The Labute approximate surface area is 102 Å². The molecule has 0 saturated carbocycles. The summed E-state index contributed by atoms with van der Waals surface area (Å²) >= 11 is 4.99. The Morgan fingerprint density at radius 1 is 1.80 bits per heavy atom. The molecule has 4 nitrogen and oxygen atoms in total. The van der Waals surface area contributed by atoms with E-state index in [0.717, 1.165) is 36.0 Å². The quantitative estimate of drug-likeness (QED) is 0.912. The molecule has 0 amide bonds. The van der Waals surface area contributed by atoms with Crippen molar-refractivity contribution in [2.75, 3.05) is 38.2 Å². The average molecular weight is 292 g/mol. The fourth-order valence-electron chi connectivity index (χ4n) is 1.54. The summed E-state index contributed by atoms with van der Waals surface area (Å²) in [5.74, 6) is 0. The van der Waals surface area contributed by atoms with Crippen molar-refractivity contribution in [3.8, 4) is 0 Å². The highest BCUT2D eigenvalue weighted by atomic mass is 79.9. The van der Waals surface area contributed by atoms with Crippen LogP contribution in [0.5, 0.6) is 0 Å². The third-order valence-corrected chi connectivity index (χ3v) is 3.94. The molecular formula is C9H14BrN3OS. The molecule has 1 fully saturated rings. The normalized spacial score (nSPS) is 21.6. The van der Waals surface area contributed by atoms with Crippen molar-refractivity contribution >= 4 is 32.4 Å². The largest absolute Gasteiger partial charge is 0.374 e. The molecule has 84 valence electrons. The zero-order valence-corrected chi connectivity index (χ0v) is 11.0. The second-order valence-electron chi connectivity index (χ2n) is 3.53. The third kappa shape index (κ3) is 3.14. The zero-order chi connectivity index (χ0) is 10.7. The Morgan fingerprint density at radius 3 is 3.27 bits per heavy atom. The van der Waals surface area contributed by atoms with Crippen LogP contribution in [0.2, 0.25) is 0 Å². The van der Waals surface area contributed by atoms with Crippen molar-refractivity contribution in [1.29, 1.82) is 0 Å². The maximum atomic E-state index is 5.64. The van der Waals surface area contributed by atoms with E-state index in [-0.39, 0.29) is 6.10 Å². The van der Waals surface area contributed by atoms with Gasteiger partial charge in [-0.15, -0.1) is 11.3 Å². The lowest BCUT2D eigenvalue weighted by molar-refractivity contribution is 0.0340. The van der Waals surface area contributed by atoms with E-state index in [4.69, 9.17) is 4.74 Å². The van der Waals surface area contributed by atoms with Crippen LogP contribution in [0.15, 0.2) is 9.98 Å². The minimum atomic E-state index is 0.270. The van der Waals surface area contributed by atoms with Crippen molar-refractivity contribution in [2.24, 2.45) is 0 Å². The summed E-state index contributed by atoms with van der Waals surface area (Å²) < 4.78 is 6.54. The van der Waals surface area contributed by atoms with Gasteiger partial charge in [0.2, 0.25) is 0 Å². The van der Waals surface area contributed by atoms with E-state index in [9.17, 15) is 0 Å². The van der Waals surface area contributed by atoms with E-state index < -0.39 is 0 Å². The molecule has 1 saturated heterocycles. The van der Waals surface area contributed by atoms with Gasteiger partial charge in [0, 0.05) is 32.1 Å². The number of nitrogens with one attached hydrogen (secondary N) is 1. The number of hydrogen-bond acceptors (Lipinski definition) is 5. The number of ether oxygens (including phenoxy) is 1. The minimum absolute atomic E-state index is 0.270.